The smallest absolute Gasteiger partial charge is 0.165 e. The van der Waals surface area contributed by atoms with E-state index in [4.69, 9.17) is 4.74 Å². The van der Waals surface area contributed by atoms with Crippen molar-refractivity contribution in [2.24, 2.45) is 5.41 Å². The zero-order chi connectivity index (χ0) is 14.3. The number of piperidine rings is 1. The van der Waals surface area contributed by atoms with Gasteiger partial charge in [0.2, 0.25) is 0 Å². The van der Waals surface area contributed by atoms with Crippen LogP contribution < -0.4 is 4.90 Å². The maximum absolute atomic E-state index is 5.60. The van der Waals surface area contributed by atoms with Crippen LogP contribution in [0.3, 0.4) is 0 Å². The van der Waals surface area contributed by atoms with E-state index in [9.17, 15) is 0 Å². The molecule has 108 valence electrons. The lowest BCUT2D eigenvalue weighted by molar-refractivity contribution is -0.00643. The minimum Gasteiger partial charge on any atom is -0.381 e. The number of hydrogen-bond acceptors (Lipinski definition) is 5. The van der Waals surface area contributed by atoms with Gasteiger partial charge in [0.1, 0.15) is 18.0 Å². The van der Waals surface area contributed by atoms with Crippen molar-refractivity contribution in [2.75, 3.05) is 25.1 Å². The molecule has 1 fully saturated rings. The molecule has 20 heavy (non-hydrogen) atoms. The number of fused-ring (bicyclic) bond motifs is 1. The molecule has 0 aromatic carbocycles. The summed E-state index contributed by atoms with van der Waals surface area (Å²) in [5.74, 6) is 1.89. The maximum Gasteiger partial charge on any atom is 0.165 e. The van der Waals surface area contributed by atoms with Gasteiger partial charge < -0.3 is 9.64 Å². The zero-order valence-corrected chi connectivity index (χ0v) is 12.5. The Morgan fingerprint density at radius 1 is 1.40 bits per heavy atom. The molecule has 0 aliphatic carbocycles. The van der Waals surface area contributed by atoms with Gasteiger partial charge in [-0.1, -0.05) is 13.8 Å². The van der Waals surface area contributed by atoms with Gasteiger partial charge in [-0.3, -0.25) is 4.40 Å². The molecule has 6 heteroatoms. The maximum atomic E-state index is 5.60. The van der Waals surface area contributed by atoms with E-state index in [2.05, 4.69) is 33.9 Å². The van der Waals surface area contributed by atoms with Crippen LogP contribution in [0.15, 0.2) is 12.4 Å². The lowest BCUT2D eigenvalue weighted by Gasteiger charge is -2.44. The highest BCUT2D eigenvalue weighted by Crippen LogP contribution is 2.33. The lowest BCUT2D eigenvalue weighted by Crippen LogP contribution is -2.49. The van der Waals surface area contributed by atoms with Crippen molar-refractivity contribution in [3.8, 4) is 0 Å². The van der Waals surface area contributed by atoms with Gasteiger partial charge in [-0.25, -0.2) is 4.98 Å². The molecular weight excluding hydrogens is 254 g/mol. The average Bonchev–Trinajstić information content (AvgIpc) is 2.86. The first-order valence-electron chi connectivity index (χ1n) is 6.96. The Hall–Kier alpha value is -1.69. The van der Waals surface area contributed by atoms with Gasteiger partial charge >= 0.3 is 0 Å². The minimum atomic E-state index is 0.113. The van der Waals surface area contributed by atoms with Crippen molar-refractivity contribution < 1.29 is 4.74 Å². The molecule has 1 aliphatic heterocycles. The molecule has 0 radical (unpaired) electrons. The molecule has 0 amide bonds. The molecule has 0 spiro atoms. The zero-order valence-electron chi connectivity index (χ0n) is 12.5. The number of hydrogen-bond donors (Lipinski definition) is 0. The van der Waals surface area contributed by atoms with E-state index in [-0.39, 0.29) is 5.41 Å². The predicted octanol–water partition coefficient (Wildman–Crippen LogP) is 1.68. The highest BCUT2D eigenvalue weighted by molar-refractivity contribution is 5.51. The second-order valence-electron chi connectivity index (χ2n) is 6.14. The lowest BCUT2D eigenvalue weighted by atomic mass is 9.81. The number of anilines is 1. The van der Waals surface area contributed by atoms with Crippen LogP contribution in [0.5, 0.6) is 0 Å². The fourth-order valence-electron chi connectivity index (χ4n) is 3.09. The van der Waals surface area contributed by atoms with Crippen molar-refractivity contribution in [1.82, 2.24) is 19.6 Å². The molecule has 3 rings (SSSR count). The summed E-state index contributed by atoms with van der Waals surface area (Å²) < 4.78 is 7.50. The summed E-state index contributed by atoms with van der Waals surface area (Å²) in [7, 11) is 1.80. The Morgan fingerprint density at radius 2 is 2.20 bits per heavy atom. The monoisotopic (exact) mass is 275 g/mol. The summed E-state index contributed by atoms with van der Waals surface area (Å²) in [4.78, 5) is 7.00. The van der Waals surface area contributed by atoms with Crippen LogP contribution in [0.4, 0.5) is 5.82 Å². The van der Waals surface area contributed by atoms with Crippen molar-refractivity contribution in [3.05, 3.63) is 18.2 Å². The van der Waals surface area contributed by atoms with Crippen LogP contribution in [0.1, 0.15) is 26.1 Å². The molecule has 1 aliphatic rings. The van der Waals surface area contributed by atoms with E-state index in [1.54, 1.807) is 13.4 Å². The van der Waals surface area contributed by atoms with E-state index in [0.717, 1.165) is 36.8 Å². The highest BCUT2D eigenvalue weighted by atomic mass is 16.5. The normalized spacial score (nSPS) is 22.4. The second kappa shape index (κ2) is 4.70. The van der Waals surface area contributed by atoms with E-state index in [1.807, 2.05) is 17.4 Å². The van der Waals surface area contributed by atoms with Gasteiger partial charge in [-0.2, -0.15) is 0 Å². The molecule has 6 nitrogen and oxygen atoms in total. The van der Waals surface area contributed by atoms with E-state index in [1.165, 1.54) is 0 Å². The molecule has 2 aromatic rings. The first kappa shape index (κ1) is 13.3. The Labute approximate surface area is 118 Å². The highest BCUT2D eigenvalue weighted by Gasteiger charge is 2.36. The number of nitrogens with zero attached hydrogens (tertiary/aromatic N) is 5. The van der Waals surface area contributed by atoms with Gasteiger partial charge in [-0.05, 0) is 13.3 Å². The van der Waals surface area contributed by atoms with Crippen molar-refractivity contribution in [2.45, 2.75) is 33.3 Å². The Kier molecular flexibility index (Phi) is 3.12. The summed E-state index contributed by atoms with van der Waals surface area (Å²) >= 11 is 0. The third kappa shape index (κ3) is 2.14. The quantitative estimate of drug-likeness (QED) is 0.834. The SMILES string of the molecule is COC1CCN(c2cc3nncn3c(C)n2)CC1(C)C. The fourth-order valence-corrected chi connectivity index (χ4v) is 3.09. The van der Waals surface area contributed by atoms with Crippen LogP contribution >= 0.6 is 0 Å². The minimum absolute atomic E-state index is 0.113. The van der Waals surface area contributed by atoms with Crippen LogP contribution in [-0.4, -0.2) is 45.9 Å². The largest absolute Gasteiger partial charge is 0.381 e. The number of aryl methyl sites for hydroxylation is 1. The van der Waals surface area contributed by atoms with Gasteiger partial charge in [0, 0.05) is 31.7 Å². The van der Waals surface area contributed by atoms with Crippen molar-refractivity contribution in [1.29, 1.82) is 0 Å². The molecule has 3 heterocycles. The van der Waals surface area contributed by atoms with E-state index < -0.39 is 0 Å². The molecule has 1 saturated heterocycles. The van der Waals surface area contributed by atoms with Crippen LogP contribution in [0, 0.1) is 12.3 Å². The van der Waals surface area contributed by atoms with Crippen LogP contribution in [0.2, 0.25) is 0 Å². The van der Waals surface area contributed by atoms with Gasteiger partial charge in [0.15, 0.2) is 5.65 Å². The Balaban J connectivity index is 1.92. The Morgan fingerprint density at radius 3 is 2.90 bits per heavy atom. The standard InChI is InChI=1S/C14H21N5O/c1-10-16-12(7-13-17-15-9-19(10)13)18-6-5-11(20-4)14(2,3)8-18/h7,9,11H,5-6,8H2,1-4H3. The summed E-state index contributed by atoms with van der Waals surface area (Å²) in [5.41, 5.74) is 0.960. The van der Waals surface area contributed by atoms with E-state index >= 15 is 0 Å². The molecule has 0 N–H and O–H groups in total. The number of ether oxygens (including phenoxy) is 1. The third-order valence-corrected chi connectivity index (χ3v) is 4.20. The van der Waals surface area contributed by atoms with Crippen molar-refractivity contribution in [3.63, 3.8) is 0 Å². The number of aromatic nitrogens is 4. The number of rotatable bonds is 2. The van der Waals surface area contributed by atoms with E-state index in [0.29, 0.717) is 6.10 Å². The molecule has 1 atom stereocenters. The summed E-state index contributed by atoms with van der Waals surface area (Å²) in [5, 5.41) is 8.06. The molecule has 0 bridgehead atoms. The molecule has 0 saturated carbocycles. The predicted molar refractivity (Wildman–Crippen MR) is 76.9 cm³/mol. The molecule has 2 aromatic heterocycles. The molecule has 1 unspecified atom stereocenters. The summed E-state index contributed by atoms with van der Waals surface area (Å²) in [6, 6.07) is 2.00. The first-order chi connectivity index (χ1) is 9.51. The van der Waals surface area contributed by atoms with Gasteiger partial charge in [0.25, 0.3) is 0 Å². The van der Waals surface area contributed by atoms with Crippen LogP contribution in [0.25, 0.3) is 5.65 Å². The summed E-state index contributed by atoms with van der Waals surface area (Å²) in [6.45, 7) is 8.36. The fraction of sp³-hybridized carbons (Fsp3) is 0.643. The number of methoxy groups -OCH3 is 1. The molecular formula is C14H21N5O. The van der Waals surface area contributed by atoms with Gasteiger partial charge in [-0.15, -0.1) is 10.2 Å². The van der Waals surface area contributed by atoms with Gasteiger partial charge in [0.05, 0.1) is 6.10 Å². The summed E-state index contributed by atoms with van der Waals surface area (Å²) in [6.07, 6.45) is 3.02. The Bertz CT molecular complexity index is 621. The average molecular weight is 275 g/mol. The van der Waals surface area contributed by atoms with Crippen molar-refractivity contribution >= 4 is 11.5 Å². The van der Waals surface area contributed by atoms with Crippen LogP contribution in [-0.2, 0) is 4.74 Å². The third-order valence-electron chi connectivity index (χ3n) is 4.20. The first-order valence-corrected chi connectivity index (χ1v) is 6.96. The second-order valence-corrected chi connectivity index (χ2v) is 6.14. The topological polar surface area (TPSA) is 55.5 Å².